The number of ether oxygens (including phenoxy) is 1. The molecular weight excluding hydrogens is 352 g/mol. The second-order valence-corrected chi connectivity index (χ2v) is 7.43. The summed E-state index contributed by atoms with van der Waals surface area (Å²) in [6, 6.07) is 14.7. The summed E-state index contributed by atoms with van der Waals surface area (Å²) in [5.74, 6) is 0.299. The molecule has 150 valence electrons. The van der Waals surface area contributed by atoms with E-state index in [1.165, 1.54) is 5.56 Å². The van der Waals surface area contributed by atoms with Crippen molar-refractivity contribution in [2.45, 2.75) is 46.0 Å². The summed E-state index contributed by atoms with van der Waals surface area (Å²) in [7, 11) is 0. The number of hydrogen-bond donors (Lipinski definition) is 2. The average molecular weight is 383 g/mol. The maximum absolute atomic E-state index is 12.1. The summed E-state index contributed by atoms with van der Waals surface area (Å²) < 4.78 is 5.57. The minimum Gasteiger partial charge on any atom is -0.484 e. The minimum absolute atomic E-state index is 0.0742. The summed E-state index contributed by atoms with van der Waals surface area (Å²) in [6.07, 6.45) is 1.94. The molecule has 0 unspecified atom stereocenters. The highest BCUT2D eigenvalue weighted by Crippen LogP contribution is 2.28. The van der Waals surface area contributed by atoms with Crippen LogP contribution in [0.1, 0.15) is 56.5 Å². The van der Waals surface area contributed by atoms with Crippen LogP contribution in [0.5, 0.6) is 5.75 Å². The molecule has 0 aliphatic carbocycles. The van der Waals surface area contributed by atoms with Crippen molar-refractivity contribution in [2.24, 2.45) is 0 Å². The van der Waals surface area contributed by atoms with Crippen LogP contribution in [0.3, 0.4) is 0 Å². The van der Waals surface area contributed by atoms with Crippen LogP contribution in [0, 0.1) is 0 Å². The van der Waals surface area contributed by atoms with Crippen LogP contribution < -0.4 is 15.4 Å². The molecule has 0 aromatic heterocycles. The molecule has 0 aliphatic heterocycles. The van der Waals surface area contributed by atoms with Gasteiger partial charge in [-0.05, 0) is 60.2 Å². The van der Waals surface area contributed by atoms with E-state index in [1.54, 1.807) is 24.3 Å². The second kappa shape index (κ2) is 9.93. The number of carbonyl (C=O) groups is 2. The maximum atomic E-state index is 12.1. The molecule has 2 aromatic rings. The Morgan fingerprint density at radius 1 is 0.964 bits per heavy atom. The number of hydrogen-bond acceptors (Lipinski definition) is 3. The van der Waals surface area contributed by atoms with E-state index in [9.17, 15) is 9.59 Å². The Morgan fingerprint density at radius 2 is 1.61 bits per heavy atom. The SMILES string of the molecule is CCCNC(=O)c1ccc(NC(=O)COc2ccc(C(C)(C)CC)cc2)cc1. The fourth-order valence-electron chi connectivity index (χ4n) is 2.60. The molecule has 0 saturated carbocycles. The minimum atomic E-state index is -0.249. The maximum Gasteiger partial charge on any atom is 0.262 e. The van der Waals surface area contributed by atoms with E-state index in [4.69, 9.17) is 4.74 Å². The highest BCUT2D eigenvalue weighted by molar-refractivity contribution is 5.96. The van der Waals surface area contributed by atoms with Gasteiger partial charge in [-0.2, -0.15) is 0 Å². The Hall–Kier alpha value is -2.82. The molecule has 0 saturated heterocycles. The lowest BCUT2D eigenvalue weighted by Gasteiger charge is -2.23. The number of benzene rings is 2. The van der Waals surface area contributed by atoms with Gasteiger partial charge >= 0.3 is 0 Å². The summed E-state index contributed by atoms with van der Waals surface area (Å²) in [4.78, 5) is 24.0. The first-order chi connectivity index (χ1) is 13.4. The predicted octanol–water partition coefficient (Wildman–Crippen LogP) is 4.53. The third kappa shape index (κ3) is 6.12. The van der Waals surface area contributed by atoms with Gasteiger partial charge < -0.3 is 15.4 Å². The number of rotatable bonds is 9. The fraction of sp³-hybridized carbons (Fsp3) is 0.391. The Morgan fingerprint density at radius 3 is 2.18 bits per heavy atom. The molecule has 0 aliphatic rings. The Kier molecular flexibility index (Phi) is 7.61. The van der Waals surface area contributed by atoms with E-state index in [-0.39, 0.29) is 23.8 Å². The highest BCUT2D eigenvalue weighted by Gasteiger charge is 2.17. The monoisotopic (exact) mass is 382 g/mol. The van der Waals surface area contributed by atoms with Crippen molar-refractivity contribution in [3.63, 3.8) is 0 Å². The first-order valence-electron chi connectivity index (χ1n) is 9.77. The molecular formula is C23H30N2O3. The summed E-state index contributed by atoms with van der Waals surface area (Å²) >= 11 is 0. The van der Waals surface area contributed by atoms with Crippen LogP contribution >= 0.6 is 0 Å². The van der Waals surface area contributed by atoms with Crippen molar-refractivity contribution in [1.82, 2.24) is 5.32 Å². The third-order valence-electron chi connectivity index (χ3n) is 4.86. The van der Waals surface area contributed by atoms with Gasteiger partial charge in [0.15, 0.2) is 6.61 Å². The largest absolute Gasteiger partial charge is 0.484 e. The van der Waals surface area contributed by atoms with E-state index >= 15 is 0 Å². The van der Waals surface area contributed by atoms with Crippen LogP contribution in [0.25, 0.3) is 0 Å². The van der Waals surface area contributed by atoms with Crippen LogP contribution in [-0.4, -0.2) is 25.0 Å². The Labute approximate surface area is 167 Å². The molecule has 0 bridgehead atoms. The van der Waals surface area contributed by atoms with Crippen molar-refractivity contribution >= 4 is 17.5 Å². The second-order valence-electron chi connectivity index (χ2n) is 7.43. The van der Waals surface area contributed by atoms with E-state index < -0.39 is 0 Å². The zero-order valence-corrected chi connectivity index (χ0v) is 17.2. The van der Waals surface area contributed by atoms with Crippen molar-refractivity contribution in [3.8, 4) is 5.75 Å². The lowest BCUT2D eigenvalue weighted by molar-refractivity contribution is -0.118. The number of amides is 2. The van der Waals surface area contributed by atoms with Gasteiger partial charge in [0, 0.05) is 17.8 Å². The van der Waals surface area contributed by atoms with Gasteiger partial charge in [-0.1, -0.05) is 39.8 Å². The molecule has 2 amide bonds. The molecule has 0 radical (unpaired) electrons. The highest BCUT2D eigenvalue weighted by atomic mass is 16.5. The summed E-state index contributed by atoms with van der Waals surface area (Å²) in [5.41, 5.74) is 2.56. The van der Waals surface area contributed by atoms with Gasteiger partial charge in [0.1, 0.15) is 5.75 Å². The van der Waals surface area contributed by atoms with Crippen LogP contribution in [0.15, 0.2) is 48.5 Å². The third-order valence-corrected chi connectivity index (χ3v) is 4.86. The van der Waals surface area contributed by atoms with Gasteiger partial charge in [0.2, 0.25) is 0 Å². The molecule has 2 N–H and O–H groups in total. The van der Waals surface area contributed by atoms with Crippen LogP contribution in [0.4, 0.5) is 5.69 Å². The van der Waals surface area contributed by atoms with Gasteiger partial charge in [0.05, 0.1) is 0 Å². The van der Waals surface area contributed by atoms with Crippen LogP contribution in [-0.2, 0) is 10.2 Å². The Balaban J connectivity index is 1.84. The van der Waals surface area contributed by atoms with Crippen LogP contribution in [0.2, 0.25) is 0 Å². The summed E-state index contributed by atoms with van der Waals surface area (Å²) in [5, 5.41) is 5.59. The Bertz CT molecular complexity index is 780. The normalized spacial score (nSPS) is 11.0. The van der Waals surface area contributed by atoms with Crippen molar-refractivity contribution in [1.29, 1.82) is 0 Å². The summed E-state index contributed by atoms with van der Waals surface area (Å²) in [6.45, 7) is 9.14. The number of carbonyl (C=O) groups excluding carboxylic acids is 2. The first kappa shape index (κ1) is 21.5. The number of nitrogens with one attached hydrogen (secondary N) is 2. The van der Waals surface area contributed by atoms with E-state index in [0.29, 0.717) is 23.5 Å². The fourth-order valence-corrected chi connectivity index (χ4v) is 2.60. The zero-order valence-electron chi connectivity index (χ0n) is 17.2. The predicted molar refractivity (Wildman–Crippen MR) is 113 cm³/mol. The first-order valence-corrected chi connectivity index (χ1v) is 9.77. The van der Waals surface area contributed by atoms with Crippen molar-refractivity contribution < 1.29 is 14.3 Å². The molecule has 0 fully saturated rings. The van der Waals surface area contributed by atoms with Crippen molar-refractivity contribution in [2.75, 3.05) is 18.5 Å². The molecule has 5 heteroatoms. The molecule has 0 spiro atoms. The van der Waals surface area contributed by atoms with E-state index in [2.05, 4.69) is 31.4 Å². The van der Waals surface area contributed by atoms with E-state index in [1.807, 2.05) is 31.2 Å². The molecule has 28 heavy (non-hydrogen) atoms. The van der Waals surface area contributed by atoms with Gasteiger partial charge in [-0.25, -0.2) is 0 Å². The average Bonchev–Trinajstić information content (AvgIpc) is 2.71. The molecule has 5 nitrogen and oxygen atoms in total. The van der Waals surface area contributed by atoms with E-state index in [0.717, 1.165) is 12.8 Å². The van der Waals surface area contributed by atoms with Gasteiger partial charge in [-0.15, -0.1) is 0 Å². The molecule has 0 heterocycles. The zero-order chi connectivity index (χ0) is 20.6. The lowest BCUT2D eigenvalue weighted by Crippen LogP contribution is -2.24. The molecule has 0 atom stereocenters. The topological polar surface area (TPSA) is 67.4 Å². The standard InChI is InChI=1S/C23H30N2O3/c1-5-15-24-22(27)17-7-11-19(12-8-17)25-21(26)16-28-20-13-9-18(10-14-20)23(3,4)6-2/h7-14H,5-6,15-16H2,1-4H3,(H,24,27)(H,25,26). The van der Waals surface area contributed by atoms with Gasteiger partial charge in [-0.3, -0.25) is 9.59 Å². The molecule has 2 rings (SSSR count). The lowest BCUT2D eigenvalue weighted by atomic mass is 9.82. The molecule has 2 aromatic carbocycles. The van der Waals surface area contributed by atoms with Gasteiger partial charge in [0.25, 0.3) is 11.8 Å². The number of anilines is 1. The van der Waals surface area contributed by atoms with Crippen molar-refractivity contribution in [3.05, 3.63) is 59.7 Å². The quantitative estimate of drug-likeness (QED) is 0.669. The smallest absolute Gasteiger partial charge is 0.262 e.